The van der Waals surface area contributed by atoms with E-state index in [1.165, 1.54) is 14.7 Å². The Morgan fingerprint density at radius 2 is 1.24 bits per heavy atom. The predicted molar refractivity (Wildman–Crippen MR) is 211 cm³/mol. The van der Waals surface area contributed by atoms with Crippen LogP contribution in [-0.2, 0) is 27.5 Å². The summed E-state index contributed by atoms with van der Waals surface area (Å²) >= 11 is 0. The van der Waals surface area contributed by atoms with Gasteiger partial charge in [0.05, 0.1) is 25.6 Å². The normalized spacial score (nSPS) is 13.9. The molecule has 0 fully saturated rings. The van der Waals surface area contributed by atoms with E-state index in [2.05, 4.69) is 69.0 Å². The first-order valence-corrected chi connectivity index (χ1v) is 21.4. The number of ether oxygens (including phenoxy) is 2. The fourth-order valence-electron chi connectivity index (χ4n) is 6.73. The second-order valence-electron chi connectivity index (χ2n) is 13.7. The van der Waals surface area contributed by atoms with Gasteiger partial charge in [-0.15, -0.1) is 6.58 Å². The molecule has 0 aliphatic rings. The summed E-state index contributed by atoms with van der Waals surface area (Å²) in [6, 6.07) is 36.6. The molecule has 0 radical (unpaired) electrons. The van der Waals surface area contributed by atoms with Crippen molar-refractivity contribution in [3.05, 3.63) is 133 Å². The third-order valence-corrected chi connectivity index (χ3v) is 16.5. The second-order valence-corrected chi connectivity index (χ2v) is 19.4. The molecule has 4 rings (SSSR count). The number of methoxy groups -OCH3 is 2. The van der Waals surface area contributed by atoms with Crippen molar-refractivity contribution >= 4 is 28.7 Å². The molecule has 0 unspecified atom stereocenters. The Morgan fingerprint density at radius 1 is 0.765 bits per heavy atom. The van der Waals surface area contributed by atoms with Gasteiger partial charge < -0.3 is 19.0 Å². The van der Waals surface area contributed by atoms with Gasteiger partial charge in [-0.3, -0.25) is 0 Å². The summed E-state index contributed by atoms with van der Waals surface area (Å²) < 4.78 is 48.7. The first-order chi connectivity index (χ1) is 24.5. The maximum atomic E-state index is 14.8. The molecule has 0 aromatic heterocycles. The topological polar surface area (TPSA) is 85.3 Å². The lowest BCUT2D eigenvalue weighted by Gasteiger charge is -2.35. The van der Waals surface area contributed by atoms with E-state index >= 15 is 0 Å². The average Bonchev–Trinajstić information content (AvgIpc) is 3.14. The largest absolute Gasteiger partial charge is 0.497 e. The first-order valence-electron chi connectivity index (χ1n) is 17.8. The van der Waals surface area contributed by atoms with Crippen molar-refractivity contribution in [1.82, 2.24) is 4.31 Å². The van der Waals surface area contributed by atoms with Crippen LogP contribution in [0.3, 0.4) is 0 Å². The van der Waals surface area contributed by atoms with Gasteiger partial charge in [-0.25, -0.2) is 8.42 Å². The third-order valence-electron chi connectivity index (χ3n) is 9.43. The highest BCUT2D eigenvalue weighted by molar-refractivity contribution is 7.89. The molecule has 7 nitrogen and oxygen atoms in total. The van der Waals surface area contributed by atoms with Crippen LogP contribution in [0.25, 0.3) is 0 Å². The average molecular weight is 730 g/mol. The van der Waals surface area contributed by atoms with Gasteiger partial charge in [0.1, 0.15) is 11.5 Å². The molecule has 1 N–H and O–H groups in total. The maximum absolute atomic E-state index is 14.8. The SMILES string of the molecule is C=CC[C@H](C)[C@@H](C[C@@H](O)CCO[Si](CC(C)C)(c1ccccc1)c1ccccc1)S(=O)(=O)N(Cc1ccc(OC)cc1)Cc1ccc(OC)cc1. The standard InChI is InChI=1S/C42H55NO6SSi/c1-7-14-34(4)42(50(45,46)43(30-35-19-23-38(47-5)24-20-35)31-36-21-25-39(48-6)26-22-36)29-37(44)27-28-49-51(32-33(2)3,40-15-10-8-11-16-40)41-17-12-9-13-18-41/h7-13,15-26,33-34,37,42,44H,1,14,27-32H2,2-6H3/t34-,37-,42+/m0/s1. The lowest BCUT2D eigenvalue weighted by molar-refractivity contribution is 0.123. The van der Waals surface area contributed by atoms with Crippen molar-refractivity contribution in [2.24, 2.45) is 11.8 Å². The number of hydrogen-bond donors (Lipinski definition) is 1. The molecule has 0 aliphatic carbocycles. The number of aliphatic hydroxyl groups is 1. The fraction of sp³-hybridized carbons (Fsp3) is 0.381. The van der Waals surface area contributed by atoms with Gasteiger partial charge in [-0.2, -0.15) is 4.31 Å². The summed E-state index contributed by atoms with van der Waals surface area (Å²) in [5.41, 5.74) is 1.68. The fourth-order valence-corrected chi connectivity index (χ4v) is 13.3. The van der Waals surface area contributed by atoms with Crippen LogP contribution in [0.2, 0.25) is 6.04 Å². The molecule has 0 aliphatic heterocycles. The predicted octanol–water partition coefficient (Wildman–Crippen LogP) is 7.19. The first kappa shape index (κ1) is 40.0. The number of hydrogen-bond acceptors (Lipinski definition) is 6. The van der Waals surface area contributed by atoms with Gasteiger partial charge in [-0.05, 0) is 82.9 Å². The molecular weight excluding hydrogens is 675 g/mol. The van der Waals surface area contributed by atoms with E-state index in [0.29, 0.717) is 36.9 Å². The molecule has 0 saturated carbocycles. The van der Waals surface area contributed by atoms with Crippen molar-refractivity contribution in [2.45, 2.75) is 70.5 Å². The molecule has 274 valence electrons. The molecule has 0 spiro atoms. The molecule has 0 bridgehead atoms. The Bertz CT molecular complexity index is 1630. The summed E-state index contributed by atoms with van der Waals surface area (Å²) in [5.74, 6) is 1.51. The highest BCUT2D eigenvalue weighted by Gasteiger charge is 2.41. The molecule has 4 aromatic rings. The number of nitrogens with zero attached hydrogens (tertiary/aromatic N) is 1. The van der Waals surface area contributed by atoms with Crippen LogP contribution in [0.5, 0.6) is 11.5 Å². The van der Waals surface area contributed by atoms with Crippen LogP contribution in [-0.4, -0.2) is 58.3 Å². The number of sulfonamides is 1. The van der Waals surface area contributed by atoms with E-state index in [-0.39, 0.29) is 25.4 Å². The van der Waals surface area contributed by atoms with Crippen molar-refractivity contribution in [1.29, 1.82) is 0 Å². The quantitative estimate of drug-likeness (QED) is 0.0723. The molecule has 0 heterocycles. The van der Waals surface area contributed by atoms with E-state index in [1.807, 2.05) is 67.6 Å². The van der Waals surface area contributed by atoms with Crippen LogP contribution in [0.4, 0.5) is 0 Å². The minimum absolute atomic E-state index is 0.0812. The van der Waals surface area contributed by atoms with E-state index in [0.717, 1.165) is 17.2 Å². The minimum atomic E-state index is -3.93. The smallest absolute Gasteiger partial charge is 0.255 e. The van der Waals surface area contributed by atoms with Crippen LogP contribution in [0, 0.1) is 11.8 Å². The zero-order valence-corrected chi connectivity index (χ0v) is 32.6. The summed E-state index contributed by atoms with van der Waals surface area (Å²) in [7, 11) is -3.40. The van der Waals surface area contributed by atoms with Crippen molar-refractivity contribution < 1.29 is 27.4 Å². The van der Waals surface area contributed by atoms with Crippen LogP contribution < -0.4 is 19.8 Å². The number of allylic oxidation sites excluding steroid dienone is 1. The lowest BCUT2D eigenvalue weighted by atomic mass is 9.98. The van der Waals surface area contributed by atoms with Gasteiger partial charge in [0.15, 0.2) is 0 Å². The monoisotopic (exact) mass is 729 g/mol. The summed E-state index contributed by atoms with van der Waals surface area (Å²) in [4.78, 5) is 0. The van der Waals surface area contributed by atoms with Crippen molar-refractivity contribution in [3.63, 3.8) is 0 Å². The summed E-state index contributed by atoms with van der Waals surface area (Å²) in [6.07, 6.45) is 1.76. The van der Waals surface area contributed by atoms with Gasteiger partial charge in [0.25, 0.3) is 8.32 Å². The Balaban J connectivity index is 1.60. The molecule has 9 heteroatoms. The molecule has 0 saturated heterocycles. The lowest BCUT2D eigenvalue weighted by Crippen LogP contribution is -2.61. The van der Waals surface area contributed by atoms with Crippen molar-refractivity contribution in [3.8, 4) is 11.5 Å². The van der Waals surface area contributed by atoms with Gasteiger partial charge in [-0.1, -0.05) is 112 Å². The maximum Gasteiger partial charge on any atom is 0.255 e. The highest BCUT2D eigenvalue weighted by Crippen LogP contribution is 2.29. The van der Waals surface area contributed by atoms with E-state index in [4.69, 9.17) is 13.9 Å². The van der Waals surface area contributed by atoms with Gasteiger partial charge >= 0.3 is 0 Å². The minimum Gasteiger partial charge on any atom is -0.497 e. The zero-order chi connectivity index (χ0) is 36.9. The molecule has 0 amide bonds. The molecule has 3 atom stereocenters. The number of benzene rings is 4. The molecule has 4 aromatic carbocycles. The van der Waals surface area contributed by atoms with Crippen molar-refractivity contribution in [2.75, 3.05) is 20.8 Å². The second kappa shape index (κ2) is 19.2. The molecular formula is C42H55NO6SSi. The zero-order valence-electron chi connectivity index (χ0n) is 30.8. The van der Waals surface area contributed by atoms with E-state index in [1.54, 1.807) is 20.3 Å². The Labute approximate surface area is 307 Å². The van der Waals surface area contributed by atoms with Crippen LogP contribution >= 0.6 is 0 Å². The van der Waals surface area contributed by atoms with Gasteiger partial charge in [0.2, 0.25) is 10.0 Å². The number of rotatable bonds is 21. The third kappa shape index (κ3) is 10.9. The number of aliphatic hydroxyl groups excluding tert-OH is 1. The Morgan fingerprint density at radius 3 is 1.65 bits per heavy atom. The highest BCUT2D eigenvalue weighted by atomic mass is 32.2. The van der Waals surface area contributed by atoms with Crippen LogP contribution in [0.1, 0.15) is 51.2 Å². The van der Waals surface area contributed by atoms with E-state index < -0.39 is 29.7 Å². The molecule has 51 heavy (non-hydrogen) atoms. The van der Waals surface area contributed by atoms with Gasteiger partial charge in [0, 0.05) is 19.7 Å². The Hall–Kier alpha value is -3.73. The summed E-state index contributed by atoms with van der Waals surface area (Å²) in [5, 5.41) is 13.1. The Kier molecular flexibility index (Phi) is 15.1. The summed E-state index contributed by atoms with van der Waals surface area (Å²) in [6.45, 7) is 10.9. The van der Waals surface area contributed by atoms with Crippen LogP contribution in [0.15, 0.2) is 122 Å². The van der Waals surface area contributed by atoms with E-state index in [9.17, 15) is 13.5 Å².